The molecule has 1 aromatic rings. The summed E-state index contributed by atoms with van der Waals surface area (Å²) in [7, 11) is 1.49. The van der Waals surface area contributed by atoms with Crippen LogP contribution < -0.4 is 15.8 Å². The number of halogens is 1. The van der Waals surface area contributed by atoms with Gasteiger partial charge in [0.2, 0.25) is 0 Å². The molecule has 3 N–H and O–H groups in total. The maximum atomic E-state index is 11.5. The third-order valence-corrected chi connectivity index (χ3v) is 2.23. The van der Waals surface area contributed by atoms with E-state index in [-0.39, 0.29) is 18.3 Å². The zero-order chi connectivity index (χ0) is 12.7. The Morgan fingerprint density at radius 2 is 2.00 bits per heavy atom. The van der Waals surface area contributed by atoms with Crippen molar-refractivity contribution in [1.29, 1.82) is 0 Å². The molecule has 0 radical (unpaired) electrons. The predicted molar refractivity (Wildman–Crippen MR) is 73.3 cm³/mol. The molecular weight excluding hydrogens is 256 g/mol. The van der Waals surface area contributed by atoms with Gasteiger partial charge in [0.1, 0.15) is 18.5 Å². The molecule has 0 fully saturated rings. The monoisotopic (exact) mass is 274 g/mol. The average molecular weight is 275 g/mol. The lowest BCUT2D eigenvalue weighted by atomic mass is 10.3. The van der Waals surface area contributed by atoms with Gasteiger partial charge in [0.15, 0.2) is 0 Å². The second-order valence-corrected chi connectivity index (χ2v) is 3.53. The Balaban J connectivity index is 0.00000289. The first-order valence-electron chi connectivity index (χ1n) is 5.44. The number of nitrogens with two attached hydrogens (primary N) is 1. The van der Waals surface area contributed by atoms with Gasteiger partial charge in [-0.2, -0.15) is 0 Å². The molecule has 0 saturated heterocycles. The number of nitrogens with one attached hydrogen (secondary N) is 1. The summed E-state index contributed by atoms with van der Waals surface area (Å²) < 4.78 is 10.2. The van der Waals surface area contributed by atoms with Crippen molar-refractivity contribution in [3.8, 4) is 5.75 Å². The van der Waals surface area contributed by atoms with Gasteiger partial charge in [-0.1, -0.05) is 0 Å². The van der Waals surface area contributed by atoms with Gasteiger partial charge in [0.05, 0.1) is 0 Å². The number of hydrogen-bond acceptors (Lipinski definition) is 4. The van der Waals surface area contributed by atoms with Gasteiger partial charge in [-0.15, -0.1) is 12.4 Å². The number of benzene rings is 1. The summed E-state index contributed by atoms with van der Waals surface area (Å²) in [6, 6.07) is 7.10. The molecule has 0 aliphatic heterocycles. The summed E-state index contributed by atoms with van der Waals surface area (Å²) in [5, 5.41) is 2.73. The number of amides is 1. The lowest BCUT2D eigenvalue weighted by Crippen LogP contribution is -2.26. The third-order valence-electron chi connectivity index (χ3n) is 2.23. The highest BCUT2D eigenvalue weighted by Crippen LogP contribution is 2.15. The number of methoxy groups -OCH3 is 1. The van der Waals surface area contributed by atoms with Crippen LogP contribution in [0.3, 0.4) is 0 Å². The van der Waals surface area contributed by atoms with E-state index in [9.17, 15) is 4.79 Å². The van der Waals surface area contributed by atoms with Crippen molar-refractivity contribution in [1.82, 2.24) is 0 Å². The number of rotatable bonds is 6. The van der Waals surface area contributed by atoms with E-state index in [4.69, 9.17) is 15.2 Å². The second kappa shape index (κ2) is 8.74. The minimum Gasteiger partial charge on any atom is -0.492 e. The standard InChI is InChI=1S/C12H18N2O3.ClH/c1-9(16-2)12(15)14-10-3-5-11(6-4-10)17-8-7-13;/h3-6,9H,7-8,13H2,1-2H3,(H,14,15);1H. The van der Waals surface area contributed by atoms with Crippen LogP contribution in [0.15, 0.2) is 24.3 Å². The molecule has 1 amide bonds. The Hall–Kier alpha value is -1.30. The summed E-state index contributed by atoms with van der Waals surface area (Å²) in [6.07, 6.45) is -0.469. The molecule has 0 bridgehead atoms. The fourth-order valence-corrected chi connectivity index (χ4v) is 1.16. The summed E-state index contributed by atoms with van der Waals surface area (Å²) >= 11 is 0. The number of carbonyl (C=O) groups excluding carboxylic acids is 1. The molecule has 6 heteroatoms. The molecule has 1 unspecified atom stereocenters. The maximum absolute atomic E-state index is 11.5. The smallest absolute Gasteiger partial charge is 0.253 e. The number of ether oxygens (including phenoxy) is 2. The van der Waals surface area contributed by atoms with E-state index in [2.05, 4.69) is 5.32 Å². The lowest BCUT2D eigenvalue weighted by molar-refractivity contribution is -0.124. The van der Waals surface area contributed by atoms with E-state index >= 15 is 0 Å². The highest BCUT2D eigenvalue weighted by Gasteiger charge is 2.11. The Morgan fingerprint density at radius 3 is 2.50 bits per heavy atom. The average Bonchev–Trinajstić information content (AvgIpc) is 2.37. The van der Waals surface area contributed by atoms with Crippen molar-refractivity contribution in [2.24, 2.45) is 5.73 Å². The van der Waals surface area contributed by atoms with E-state index in [1.807, 2.05) is 0 Å². The summed E-state index contributed by atoms with van der Waals surface area (Å²) in [4.78, 5) is 11.5. The minimum atomic E-state index is -0.469. The van der Waals surface area contributed by atoms with Crippen molar-refractivity contribution in [3.05, 3.63) is 24.3 Å². The third kappa shape index (κ3) is 5.35. The topological polar surface area (TPSA) is 73.6 Å². The molecule has 0 heterocycles. The fraction of sp³-hybridized carbons (Fsp3) is 0.417. The predicted octanol–water partition coefficient (Wildman–Crippen LogP) is 1.42. The Bertz CT molecular complexity index is 357. The number of hydrogen-bond donors (Lipinski definition) is 2. The summed E-state index contributed by atoms with van der Waals surface area (Å²) in [6.45, 7) is 2.64. The quantitative estimate of drug-likeness (QED) is 0.823. The first-order valence-corrected chi connectivity index (χ1v) is 5.44. The van der Waals surface area contributed by atoms with E-state index in [1.54, 1.807) is 31.2 Å². The van der Waals surface area contributed by atoms with Crippen molar-refractivity contribution in [2.45, 2.75) is 13.0 Å². The van der Waals surface area contributed by atoms with Gasteiger partial charge in [0, 0.05) is 19.3 Å². The second-order valence-electron chi connectivity index (χ2n) is 3.53. The van der Waals surface area contributed by atoms with Crippen LogP contribution in [-0.4, -0.2) is 32.3 Å². The largest absolute Gasteiger partial charge is 0.492 e. The van der Waals surface area contributed by atoms with Crippen molar-refractivity contribution in [3.63, 3.8) is 0 Å². The Labute approximate surface area is 113 Å². The molecule has 0 spiro atoms. The van der Waals surface area contributed by atoms with E-state index in [1.165, 1.54) is 7.11 Å². The zero-order valence-electron chi connectivity index (χ0n) is 10.5. The van der Waals surface area contributed by atoms with Crippen LogP contribution in [0.2, 0.25) is 0 Å². The normalized spacial score (nSPS) is 11.3. The van der Waals surface area contributed by atoms with Crippen LogP contribution in [-0.2, 0) is 9.53 Å². The van der Waals surface area contributed by atoms with Crippen molar-refractivity contribution in [2.75, 3.05) is 25.6 Å². The van der Waals surface area contributed by atoms with Crippen molar-refractivity contribution < 1.29 is 14.3 Å². The molecular formula is C12H19ClN2O3. The van der Waals surface area contributed by atoms with Crippen LogP contribution in [0.5, 0.6) is 5.75 Å². The van der Waals surface area contributed by atoms with Crippen LogP contribution in [0.25, 0.3) is 0 Å². The molecule has 102 valence electrons. The highest BCUT2D eigenvalue weighted by molar-refractivity contribution is 5.93. The van der Waals surface area contributed by atoms with Crippen LogP contribution in [0.1, 0.15) is 6.92 Å². The van der Waals surface area contributed by atoms with Crippen LogP contribution in [0.4, 0.5) is 5.69 Å². The molecule has 0 saturated carbocycles. The molecule has 1 atom stereocenters. The van der Waals surface area contributed by atoms with E-state index in [0.717, 1.165) is 5.75 Å². The summed E-state index contributed by atoms with van der Waals surface area (Å²) in [5.41, 5.74) is 6.03. The molecule has 0 aliphatic carbocycles. The fourth-order valence-electron chi connectivity index (χ4n) is 1.16. The van der Waals surface area contributed by atoms with E-state index < -0.39 is 6.10 Å². The van der Waals surface area contributed by atoms with Crippen LogP contribution >= 0.6 is 12.4 Å². The van der Waals surface area contributed by atoms with Gasteiger partial charge in [-0.05, 0) is 31.2 Å². The number of anilines is 1. The zero-order valence-corrected chi connectivity index (χ0v) is 11.3. The summed E-state index contributed by atoms with van der Waals surface area (Å²) in [5.74, 6) is 0.552. The van der Waals surface area contributed by atoms with Crippen LogP contribution in [0, 0.1) is 0 Å². The molecule has 1 aromatic carbocycles. The van der Waals surface area contributed by atoms with E-state index in [0.29, 0.717) is 18.8 Å². The molecule has 1 rings (SSSR count). The van der Waals surface area contributed by atoms with Gasteiger partial charge in [-0.25, -0.2) is 0 Å². The first kappa shape index (κ1) is 16.7. The molecule has 0 aromatic heterocycles. The van der Waals surface area contributed by atoms with Crippen molar-refractivity contribution >= 4 is 24.0 Å². The molecule has 18 heavy (non-hydrogen) atoms. The maximum Gasteiger partial charge on any atom is 0.253 e. The molecule has 0 aliphatic rings. The minimum absolute atomic E-state index is 0. The SMILES string of the molecule is COC(C)C(=O)Nc1ccc(OCCN)cc1.Cl. The Kier molecular flexibility index (Phi) is 8.11. The number of carbonyl (C=O) groups is 1. The van der Waals surface area contributed by atoms with Gasteiger partial charge < -0.3 is 20.5 Å². The Morgan fingerprint density at radius 1 is 1.39 bits per heavy atom. The van der Waals surface area contributed by atoms with Gasteiger partial charge in [-0.3, -0.25) is 4.79 Å². The molecule has 5 nitrogen and oxygen atoms in total. The first-order chi connectivity index (χ1) is 8.17. The van der Waals surface area contributed by atoms with Gasteiger partial charge in [0.25, 0.3) is 5.91 Å². The highest BCUT2D eigenvalue weighted by atomic mass is 35.5. The van der Waals surface area contributed by atoms with Gasteiger partial charge >= 0.3 is 0 Å². The lowest BCUT2D eigenvalue weighted by Gasteiger charge is -2.11.